The number of nitrogens with one attached hydrogen (secondary N) is 1. The highest BCUT2D eigenvalue weighted by Crippen LogP contribution is 2.41. The van der Waals surface area contributed by atoms with Gasteiger partial charge in [0, 0.05) is 37.1 Å². The Labute approximate surface area is 141 Å². The number of fused-ring (bicyclic) bond motifs is 4. The monoisotopic (exact) mass is 334 g/mol. The number of para-hydroxylation sites is 1. The number of aromatic amines is 1. The van der Waals surface area contributed by atoms with E-state index < -0.39 is 0 Å². The van der Waals surface area contributed by atoms with E-state index in [0.717, 1.165) is 32.5 Å². The number of nitrogens with zero attached hydrogens (tertiary/aromatic N) is 1. The average Bonchev–Trinajstić information content (AvgIpc) is 3.20. The third-order valence-electron chi connectivity index (χ3n) is 4.16. The molecular weight excluding hydrogens is 324 g/mol. The van der Waals surface area contributed by atoms with E-state index in [2.05, 4.69) is 40.7 Å². The van der Waals surface area contributed by atoms with Crippen LogP contribution in [0.4, 0.5) is 0 Å². The summed E-state index contributed by atoms with van der Waals surface area (Å²) in [4.78, 5) is 9.50. The van der Waals surface area contributed by atoms with Crippen molar-refractivity contribution in [2.45, 2.75) is 0 Å². The maximum absolute atomic E-state index is 6.26. The molecule has 0 saturated heterocycles. The highest BCUT2D eigenvalue weighted by Gasteiger charge is 2.16. The van der Waals surface area contributed by atoms with Crippen LogP contribution in [0.2, 0.25) is 5.02 Å². The largest absolute Gasteiger partial charge is 0.339 e. The molecule has 0 aliphatic rings. The van der Waals surface area contributed by atoms with Crippen molar-refractivity contribution in [3.8, 4) is 10.4 Å². The Bertz CT molecular complexity index is 1170. The number of hydrogen-bond acceptors (Lipinski definition) is 2. The lowest BCUT2D eigenvalue weighted by molar-refractivity contribution is 1.40. The summed E-state index contributed by atoms with van der Waals surface area (Å²) in [5, 5.41) is 6.29. The minimum absolute atomic E-state index is 0.733. The maximum atomic E-state index is 6.26. The van der Waals surface area contributed by atoms with E-state index in [-0.39, 0.29) is 0 Å². The van der Waals surface area contributed by atoms with E-state index in [1.54, 1.807) is 11.3 Å². The molecule has 2 nitrogen and oxygen atoms in total. The van der Waals surface area contributed by atoms with Crippen molar-refractivity contribution in [3.05, 3.63) is 65.0 Å². The van der Waals surface area contributed by atoms with Crippen molar-refractivity contribution in [2.24, 2.45) is 0 Å². The number of benzene rings is 2. The summed E-state index contributed by atoms with van der Waals surface area (Å²) in [5.41, 5.74) is 4.19. The zero-order chi connectivity index (χ0) is 15.4. The van der Waals surface area contributed by atoms with E-state index in [9.17, 15) is 0 Å². The molecule has 4 heteroatoms. The lowest BCUT2D eigenvalue weighted by Crippen LogP contribution is -1.86. The van der Waals surface area contributed by atoms with Gasteiger partial charge in [-0.05, 0) is 35.7 Å². The van der Waals surface area contributed by atoms with Crippen LogP contribution in [0.15, 0.2) is 60.0 Å². The van der Waals surface area contributed by atoms with Gasteiger partial charge in [0.2, 0.25) is 0 Å². The Morgan fingerprint density at radius 2 is 1.87 bits per heavy atom. The molecular formula is C19H11ClN2S. The smallest absolute Gasteiger partial charge is 0.139 e. The van der Waals surface area contributed by atoms with Crippen LogP contribution in [-0.4, -0.2) is 9.97 Å². The first-order valence-electron chi connectivity index (χ1n) is 7.35. The fourth-order valence-electron chi connectivity index (χ4n) is 3.20. The summed E-state index contributed by atoms with van der Waals surface area (Å²) in [5.74, 6) is 0. The first kappa shape index (κ1) is 13.1. The second-order valence-corrected chi connectivity index (χ2v) is 6.90. The van der Waals surface area contributed by atoms with Crippen molar-refractivity contribution in [1.29, 1.82) is 0 Å². The molecule has 5 rings (SSSR count). The topological polar surface area (TPSA) is 28.7 Å². The van der Waals surface area contributed by atoms with Crippen LogP contribution in [-0.2, 0) is 0 Å². The summed E-state index contributed by atoms with van der Waals surface area (Å²) < 4.78 is 0. The van der Waals surface area contributed by atoms with Crippen molar-refractivity contribution >= 4 is 55.8 Å². The number of thiophene rings is 1. The molecule has 2 aromatic carbocycles. The van der Waals surface area contributed by atoms with Gasteiger partial charge in [0.15, 0.2) is 0 Å². The summed E-state index contributed by atoms with van der Waals surface area (Å²) in [6.45, 7) is 0. The fourth-order valence-corrected chi connectivity index (χ4v) is 4.17. The molecule has 0 saturated carbocycles. The molecule has 0 spiro atoms. The van der Waals surface area contributed by atoms with Crippen LogP contribution in [0.3, 0.4) is 0 Å². The van der Waals surface area contributed by atoms with E-state index in [4.69, 9.17) is 16.6 Å². The third-order valence-corrected chi connectivity index (χ3v) is 5.29. The SMILES string of the molecule is Clc1ccc2nc3[nH]c4ccccc4c3c(-c3cccs3)c2c1. The Morgan fingerprint density at radius 1 is 0.957 bits per heavy atom. The minimum Gasteiger partial charge on any atom is -0.339 e. The first-order valence-corrected chi connectivity index (χ1v) is 8.60. The molecule has 0 unspecified atom stereocenters. The van der Waals surface area contributed by atoms with Crippen LogP contribution >= 0.6 is 22.9 Å². The molecule has 0 atom stereocenters. The predicted molar refractivity (Wildman–Crippen MR) is 99.4 cm³/mol. The van der Waals surface area contributed by atoms with Crippen molar-refractivity contribution < 1.29 is 0 Å². The van der Waals surface area contributed by atoms with E-state index in [1.807, 2.05) is 24.3 Å². The zero-order valence-corrected chi connectivity index (χ0v) is 13.6. The highest BCUT2D eigenvalue weighted by molar-refractivity contribution is 7.13. The molecule has 0 radical (unpaired) electrons. The number of pyridine rings is 1. The molecule has 0 aliphatic carbocycles. The van der Waals surface area contributed by atoms with Gasteiger partial charge in [-0.2, -0.15) is 0 Å². The van der Waals surface area contributed by atoms with Gasteiger partial charge in [-0.3, -0.25) is 0 Å². The molecule has 0 aliphatic heterocycles. The van der Waals surface area contributed by atoms with Gasteiger partial charge in [-0.25, -0.2) is 4.98 Å². The molecule has 110 valence electrons. The first-order chi connectivity index (χ1) is 11.3. The van der Waals surface area contributed by atoms with E-state index in [0.29, 0.717) is 0 Å². The quantitative estimate of drug-likeness (QED) is 0.385. The molecule has 5 aromatic rings. The summed E-state index contributed by atoms with van der Waals surface area (Å²) >= 11 is 8.00. The normalized spacial score (nSPS) is 11.7. The van der Waals surface area contributed by atoms with Gasteiger partial charge in [-0.1, -0.05) is 35.9 Å². The number of H-pyrrole nitrogens is 1. The third kappa shape index (κ3) is 1.90. The van der Waals surface area contributed by atoms with Crippen LogP contribution in [0.1, 0.15) is 0 Å². The minimum atomic E-state index is 0.733. The molecule has 3 heterocycles. The number of hydrogen-bond donors (Lipinski definition) is 1. The van der Waals surface area contributed by atoms with E-state index >= 15 is 0 Å². The van der Waals surface area contributed by atoms with Crippen molar-refractivity contribution in [2.75, 3.05) is 0 Å². The van der Waals surface area contributed by atoms with Gasteiger partial charge in [0.25, 0.3) is 0 Å². The number of rotatable bonds is 1. The average molecular weight is 335 g/mol. The van der Waals surface area contributed by atoms with Crippen molar-refractivity contribution in [1.82, 2.24) is 9.97 Å². The molecule has 0 fully saturated rings. The lowest BCUT2D eigenvalue weighted by atomic mass is 10.0. The van der Waals surface area contributed by atoms with Crippen LogP contribution in [0, 0.1) is 0 Å². The molecule has 1 N–H and O–H groups in total. The Kier molecular flexibility index (Phi) is 2.75. The van der Waals surface area contributed by atoms with Gasteiger partial charge in [-0.15, -0.1) is 11.3 Å². The highest BCUT2D eigenvalue weighted by atomic mass is 35.5. The molecule has 0 bridgehead atoms. The Hall–Kier alpha value is -2.36. The lowest BCUT2D eigenvalue weighted by Gasteiger charge is -2.07. The van der Waals surface area contributed by atoms with Crippen LogP contribution in [0.5, 0.6) is 0 Å². The van der Waals surface area contributed by atoms with Gasteiger partial charge < -0.3 is 4.98 Å². The molecule has 3 aromatic heterocycles. The summed E-state index contributed by atoms with van der Waals surface area (Å²) in [7, 11) is 0. The fraction of sp³-hybridized carbons (Fsp3) is 0. The van der Waals surface area contributed by atoms with Gasteiger partial charge in [0.1, 0.15) is 5.65 Å². The zero-order valence-electron chi connectivity index (χ0n) is 12.0. The molecule has 23 heavy (non-hydrogen) atoms. The number of aromatic nitrogens is 2. The Balaban J connectivity index is 2.10. The van der Waals surface area contributed by atoms with Crippen LogP contribution in [0.25, 0.3) is 43.3 Å². The summed E-state index contributed by atoms with van der Waals surface area (Å²) in [6, 6.07) is 18.5. The van der Waals surface area contributed by atoms with Crippen molar-refractivity contribution in [3.63, 3.8) is 0 Å². The second kappa shape index (κ2) is 4.82. The van der Waals surface area contributed by atoms with Gasteiger partial charge in [0.05, 0.1) is 5.52 Å². The molecule has 0 amide bonds. The number of halogens is 1. The second-order valence-electron chi connectivity index (χ2n) is 5.52. The van der Waals surface area contributed by atoms with Gasteiger partial charge >= 0.3 is 0 Å². The Morgan fingerprint density at radius 3 is 2.74 bits per heavy atom. The summed E-state index contributed by atoms with van der Waals surface area (Å²) in [6.07, 6.45) is 0. The maximum Gasteiger partial charge on any atom is 0.139 e. The van der Waals surface area contributed by atoms with E-state index in [1.165, 1.54) is 15.8 Å². The predicted octanol–water partition coefficient (Wildman–Crippen LogP) is 6.25. The standard InChI is InChI=1S/C19H11ClN2S/c20-11-7-8-15-13(10-11)17(16-6-3-9-23-16)18-12-4-1-2-5-14(12)21-19(18)22-15/h1-10H,(H,21,22). The van der Waals surface area contributed by atoms with Crippen LogP contribution < -0.4 is 0 Å².